The van der Waals surface area contributed by atoms with Gasteiger partial charge in [-0.05, 0) is 46.2 Å². The Bertz CT molecular complexity index is 1200. The summed E-state index contributed by atoms with van der Waals surface area (Å²) in [4.78, 5) is 0. The van der Waals surface area contributed by atoms with Crippen LogP contribution >= 0.6 is 11.3 Å². The van der Waals surface area contributed by atoms with Gasteiger partial charge >= 0.3 is 35.7 Å². The van der Waals surface area contributed by atoms with Gasteiger partial charge in [0.15, 0.2) is 0 Å². The molecule has 1 aromatic heterocycles. The monoisotopic (exact) mass is 451 g/mol. The van der Waals surface area contributed by atoms with Crippen LogP contribution in [0.3, 0.4) is 0 Å². The standard InChI is InChI=1S/C18H11F4NO3S2.Na/c19-12-5-6-14(15(9-12)18(20,21)22)17(24)23-28(25,26)8-7-11-10-27-16-4-2-1-3-13(11)16;/h1-10H,(H,23,24);/q;+1/p-1/b8-7+;. The minimum absolute atomic E-state index is 0. The Balaban J connectivity index is 0.00000300. The number of hydrogen-bond donors (Lipinski definition) is 0. The van der Waals surface area contributed by atoms with E-state index in [1.165, 1.54) is 17.4 Å². The van der Waals surface area contributed by atoms with E-state index in [9.17, 15) is 31.1 Å². The first kappa shape index (κ1) is 23.6. The molecule has 0 bridgehead atoms. The zero-order chi connectivity index (χ0) is 20.5. The molecule has 0 saturated carbocycles. The van der Waals surface area contributed by atoms with Gasteiger partial charge in [-0.25, -0.2) is 4.39 Å². The van der Waals surface area contributed by atoms with Gasteiger partial charge in [0.05, 0.1) is 11.0 Å². The third kappa shape index (κ3) is 5.67. The van der Waals surface area contributed by atoms with Gasteiger partial charge in [-0.1, -0.05) is 24.3 Å². The first-order valence-corrected chi connectivity index (χ1v) is 9.98. The normalized spacial score (nSPS) is 13.0. The zero-order valence-electron chi connectivity index (χ0n) is 14.8. The van der Waals surface area contributed by atoms with Crippen molar-refractivity contribution in [2.24, 2.45) is 4.40 Å². The second-order valence-electron chi connectivity index (χ2n) is 5.59. The van der Waals surface area contributed by atoms with Crippen LogP contribution in [0, 0.1) is 5.82 Å². The minimum Gasteiger partial charge on any atom is -0.858 e. The van der Waals surface area contributed by atoms with Crippen LogP contribution in [0.25, 0.3) is 16.2 Å². The van der Waals surface area contributed by atoms with E-state index in [0.29, 0.717) is 23.1 Å². The quantitative estimate of drug-likeness (QED) is 0.259. The number of hydrogen-bond acceptors (Lipinski definition) is 4. The molecule has 3 rings (SSSR count). The van der Waals surface area contributed by atoms with Crippen LogP contribution in [0.1, 0.15) is 16.7 Å². The predicted molar refractivity (Wildman–Crippen MR) is 97.7 cm³/mol. The van der Waals surface area contributed by atoms with Crippen LogP contribution < -0.4 is 34.7 Å². The molecule has 0 aliphatic carbocycles. The molecule has 0 aliphatic heterocycles. The number of alkyl halides is 3. The summed E-state index contributed by atoms with van der Waals surface area (Å²) in [6.45, 7) is 0. The van der Waals surface area contributed by atoms with Gasteiger partial charge in [-0.2, -0.15) is 26.0 Å². The number of thiophene rings is 1. The second-order valence-corrected chi connectivity index (χ2v) is 7.98. The molecule has 0 amide bonds. The summed E-state index contributed by atoms with van der Waals surface area (Å²) < 4.78 is 80.0. The van der Waals surface area contributed by atoms with Gasteiger partial charge in [0.25, 0.3) is 10.0 Å². The van der Waals surface area contributed by atoms with E-state index in [4.69, 9.17) is 0 Å². The molecule has 1 heterocycles. The molecule has 4 nitrogen and oxygen atoms in total. The number of halogens is 4. The Morgan fingerprint density at radius 2 is 1.83 bits per heavy atom. The van der Waals surface area contributed by atoms with Crippen molar-refractivity contribution < 1.29 is 60.6 Å². The van der Waals surface area contributed by atoms with Crippen LogP contribution in [0.5, 0.6) is 0 Å². The molecule has 0 aliphatic rings. The van der Waals surface area contributed by atoms with Crippen molar-refractivity contribution in [2.45, 2.75) is 6.18 Å². The molecule has 3 aromatic rings. The summed E-state index contributed by atoms with van der Waals surface area (Å²) in [6.07, 6.45) is -3.84. The Morgan fingerprint density at radius 3 is 2.52 bits per heavy atom. The topological polar surface area (TPSA) is 69.6 Å². The fraction of sp³-hybridized carbons (Fsp3) is 0.0556. The number of sulfonamides is 1. The first-order valence-electron chi connectivity index (χ1n) is 7.60. The molecule has 0 unspecified atom stereocenters. The average molecular weight is 451 g/mol. The summed E-state index contributed by atoms with van der Waals surface area (Å²) in [5.74, 6) is -2.84. The van der Waals surface area contributed by atoms with Crippen molar-refractivity contribution in [1.29, 1.82) is 0 Å². The molecule has 11 heteroatoms. The first-order chi connectivity index (χ1) is 13.1. The maximum absolute atomic E-state index is 13.1. The van der Waals surface area contributed by atoms with Crippen LogP contribution in [0.2, 0.25) is 0 Å². The van der Waals surface area contributed by atoms with E-state index >= 15 is 0 Å². The molecule has 0 radical (unpaired) electrons. The minimum atomic E-state index is -5.04. The van der Waals surface area contributed by atoms with Crippen molar-refractivity contribution in [3.63, 3.8) is 0 Å². The summed E-state index contributed by atoms with van der Waals surface area (Å²) in [6, 6.07) is 8.48. The van der Waals surface area contributed by atoms with Gasteiger partial charge in [-0.15, -0.1) is 11.3 Å². The largest absolute Gasteiger partial charge is 1.00 e. The number of fused-ring (bicyclic) bond motifs is 1. The maximum Gasteiger partial charge on any atom is 1.00 e. The molecule has 0 atom stereocenters. The number of benzene rings is 2. The van der Waals surface area contributed by atoms with Crippen molar-refractivity contribution in [1.82, 2.24) is 0 Å². The van der Waals surface area contributed by atoms with Gasteiger partial charge < -0.3 is 5.11 Å². The van der Waals surface area contributed by atoms with E-state index in [0.717, 1.165) is 10.1 Å². The van der Waals surface area contributed by atoms with E-state index in [1.54, 1.807) is 17.5 Å². The molecule has 0 saturated heterocycles. The van der Waals surface area contributed by atoms with Crippen LogP contribution in [-0.4, -0.2) is 14.3 Å². The average Bonchev–Trinajstić information content (AvgIpc) is 3.02. The predicted octanol–water partition coefficient (Wildman–Crippen LogP) is 1.17. The molecule has 29 heavy (non-hydrogen) atoms. The Hall–Kier alpha value is -1.72. The molecule has 0 fully saturated rings. The summed E-state index contributed by atoms with van der Waals surface area (Å²) in [5.41, 5.74) is -2.08. The molecule has 0 spiro atoms. The Morgan fingerprint density at radius 1 is 1.14 bits per heavy atom. The van der Waals surface area contributed by atoms with Crippen LogP contribution in [0.4, 0.5) is 17.6 Å². The Labute approximate surface area is 189 Å². The van der Waals surface area contributed by atoms with Gasteiger partial charge in [0.2, 0.25) is 0 Å². The summed E-state index contributed by atoms with van der Waals surface area (Å²) in [7, 11) is -4.51. The van der Waals surface area contributed by atoms with Gasteiger partial charge in [0, 0.05) is 10.6 Å². The van der Waals surface area contributed by atoms with Crippen LogP contribution in [0.15, 0.2) is 57.7 Å². The number of nitrogens with zero attached hydrogens (tertiary/aromatic N) is 1. The third-order valence-electron chi connectivity index (χ3n) is 3.66. The summed E-state index contributed by atoms with van der Waals surface area (Å²) in [5, 5.41) is 15.1. The van der Waals surface area contributed by atoms with Crippen molar-refractivity contribution in [3.05, 3.63) is 75.8 Å². The Kier molecular flexibility index (Phi) is 7.28. The zero-order valence-corrected chi connectivity index (χ0v) is 18.4. The fourth-order valence-corrected chi connectivity index (χ4v) is 4.06. The summed E-state index contributed by atoms with van der Waals surface area (Å²) >= 11 is 1.38. The molecular formula is C18H10F4NNaO3S2. The third-order valence-corrected chi connectivity index (χ3v) is 5.54. The molecule has 0 N–H and O–H groups in total. The van der Waals surface area contributed by atoms with E-state index < -0.39 is 39.0 Å². The SMILES string of the molecule is O=S(=O)(/C=C/c1csc2ccccc12)/N=C(\[O-])c1ccc(F)cc1C(F)(F)F.[Na+]. The molecular weight excluding hydrogens is 441 g/mol. The van der Waals surface area contributed by atoms with Gasteiger partial charge in [-0.3, -0.25) is 0 Å². The molecule has 146 valence electrons. The molecule has 2 aromatic carbocycles. The van der Waals surface area contributed by atoms with Gasteiger partial charge in [0.1, 0.15) is 5.82 Å². The van der Waals surface area contributed by atoms with Crippen molar-refractivity contribution in [2.75, 3.05) is 0 Å². The van der Waals surface area contributed by atoms with E-state index in [1.807, 2.05) is 12.1 Å². The maximum atomic E-state index is 13.1. The fourth-order valence-electron chi connectivity index (χ4n) is 2.42. The van der Waals surface area contributed by atoms with Crippen molar-refractivity contribution in [3.8, 4) is 0 Å². The van der Waals surface area contributed by atoms with E-state index in [2.05, 4.69) is 4.40 Å². The van der Waals surface area contributed by atoms with Crippen molar-refractivity contribution >= 4 is 43.4 Å². The smallest absolute Gasteiger partial charge is 0.858 e. The van der Waals surface area contributed by atoms with E-state index in [-0.39, 0.29) is 35.6 Å². The number of rotatable bonds is 4. The van der Waals surface area contributed by atoms with Crippen LogP contribution in [-0.2, 0) is 16.2 Å². The second kappa shape index (κ2) is 8.97.